The standard InChI is InChI=1S/C14H16BrClN2/c1-9(16)14-17-12-8-10(15)6-7-13(12)18(14)11-4-2-3-5-11/h6-9,11H,2-5H2,1H3. The Hall–Kier alpha value is -0.540. The second-order valence-corrected chi connectivity index (χ2v) is 6.60. The van der Waals surface area contributed by atoms with Crippen LogP contribution in [0.5, 0.6) is 0 Å². The minimum atomic E-state index is -0.0447. The van der Waals surface area contributed by atoms with Gasteiger partial charge in [-0.25, -0.2) is 4.98 Å². The molecule has 4 heteroatoms. The highest BCUT2D eigenvalue weighted by Crippen LogP contribution is 2.36. The highest BCUT2D eigenvalue weighted by molar-refractivity contribution is 9.10. The zero-order valence-corrected chi connectivity index (χ0v) is 12.7. The molecule has 0 saturated heterocycles. The molecule has 1 aliphatic rings. The molecule has 2 aromatic rings. The van der Waals surface area contributed by atoms with Crippen LogP contribution in [0.2, 0.25) is 0 Å². The van der Waals surface area contributed by atoms with Crippen molar-refractivity contribution < 1.29 is 0 Å². The first-order chi connectivity index (χ1) is 8.66. The summed E-state index contributed by atoms with van der Waals surface area (Å²) in [7, 11) is 0. The molecule has 0 bridgehead atoms. The van der Waals surface area contributed by atoms with Gasteiger partial charge in [0.1, 0.15) is 5.82 Å². The van der Waals surface area contributed by atoms with Gasteiger partial charge in [0.25, 0.3) is 0 Å². The lowest BCUT2D eigenvalue weighted by Crippen LogP contribution is -2.09. The molecule has 3 rings (SSSR count). The fraction of sp³-hybridized carbons (Fsp3) is 0.500. The van der Waals surface area contributed by atoms with Crippen molar-refractivity contribution in [3.05, 3.63) is 28.5 Å². The number of rotatable bonds is 2. The number of alkyl halides is 1. The SMILES string of the molecule is CC(Cl)c1nc2cc(Br)ccc2n1C1CCCC1. The Morgan fingerprint density at radius 1 is 1.39 bits per heavy atom. The van der Waals surface area contributed by atoms with Crippen molar-refractivity contribution in [1.29, 1.82) is 0 Å². The molecule has 0 aliphatic heterocycles. The van der Waals surface area contributed by atoms with Gasteiger partial charge in [0.05, 0.1) is 16.4 Å². The van der Waals surface area contributed by atoms with Crippen LogP contribution in [0, 0.1) is 0 Å². The van der Waals surface area contributed by atoms with Gasteiger partial charge in [-0.2, -0.15) is 0 Å². The molecule has 0 amide bonds. The molecule has 1 aliphatic carbocycles. The molecule has 1 fully saturated rings. The molecular formula is C14H16BrClN2. The van der Waals surface area contributed by atoms with E-state index in [9.17, 15) is 0 Å². The summed E-state index contributed by atoms with van der Waals surface area (Å²) in [6.07, 6.45) is 5.13. The van der Waals surface area contributed by atoms with Gasteiger partial charge in [-0.3, -0.25) is 0 Å². The number of fused-ring (bicyclic) bond motifs is 1. The third-order valence-corrected chi connectivity index (χ3v) is 4.41. The van der Waals surface area contributed by atoms with Crippen LogP contribution in [0.1, 0.15) is 49.9 Å². The van der Waals surface area contributed by atoms with Crippen LogP contribution in [0.15, 0.2) is 22.7 Å². The lowest BCUT2D eigenvalue weighted by molar-refractivity contribution is 0.510. The highest BCUT2D eigenvalue weighted by Gasteiger charge is 2.24. The summed E-state index contributed by atoms with van der Waals surface area (Å²) in [4.78, 5) is 4.72. The Kier molecular flexibility index (Phi) is 3.37. The average Bonchev–Trinajstić information content (AvgIpc) is 2.92. The number of hydrogen-bond donors (Lipinski definition) is 0. The largest absolute Gasteiger partial charge is 0.324 e. The maximum Gasteiger partial charge on any atom is 0.127 e. The normalized spacial score (nSPS) is 18.6. The van der Waals surface area contributed by atoms with Crippen LogP contribution in [0.3, 0.4) is 0 Å². The number of imidazole rings is 1. The van der Waals surface area contributed by atoms with Gasteiger partial charge in [-0.15, -0.1) is 11.6 Å². The monoisotopic (exact) mass is 326 g/mol. The smallest absolute Gasteiger partial charge is 0.127 e. The molecular weight excluding hydrogens is 312 g/mol. The van der Waals surface area contributed by atoms with Gasteiger partial charge in [-0.05, 0) is 38.0 Å². The quantitative estimate of drug-likeness (QED) is 0.692. The van der Waals surface area contributed by atoms with E-state index in [-0.39, 0.29) is 5.38 Å². The number of aromatic nitrogens is 2. The highest BCUT2D eigenvalue weighted by atomic mass is 79.9. The fourth-order valence-electron chi connectivity index (χ4n) is 2.92. The summed E-state index contributed by atoms with van der Waals surface area (Å²) in [5, 5.41) is -0.0447. The van der Waals surface area contributed by atoms with E-state index in [2.05, 4.69) is 38.7 Å². The van der Waals surface area contributed by atoms with E-state index in [1.54, 1.807) is 0 Å². The molecule has 0 radical (unpaired) electrons. The van der Waals surface area contributed by atoms with Crippen molar-refractivity contribution in [3.8, 4) is 0 Å². The van der Waals surface area contributed by atoms with Gasteiger partial charge >= 0.3 is 0 Å². The van der Waals surface area contributed by atoms with E-state index in [1.165, 1.54) is 31.2 Å². The summed E-state index contributed by atoms with van der Waals surface area (Å²) < 4.78 is 3.44. The van der Waals surface area contributed by atoms with E-state index < -0.39 is 0 Å². The van der Waals surface area contributed by atoms with Gasteiger partial charge in [0.2, 0.25) is 0 Å². The third kappa shape index (κ3) is 2.08. The molecule has 1 aromatic heterocycles. The minimum Gasteiger partial charge on any atom is -0.324 e. The number of hydrogen-bond acceptors (Lipinski definition) is 1. The van der Waals surface area contributed by atoms with E-state index in [0.717, 1.165) is 15.8 Å². The zero-order chi connectivity index (χ0) is 12.7. The van der Waals surface area contributed by atoms with Gasteiger partial charge in [0.15, 0.2) is 0 Å². The number of benzene rings is 1. The molecule has 0 N–H and O–H groups in total. The Bertz CT molecular complexity index is 570. The van der Waals surface area contributed by atoms with Crippen LogP contribution in [-0.2, 0) is 0 Å². The molecule has 0 spiro atoms. The lowest BCUT2D eigenvalue weighted by atomic mass is 10.2. The van der Waals surface area contributed by atoms with Crippen molar-refractivity contribution in [2.45, 2.75) is 44.0 Å². The van der Waals surface area contributed by atoms with Crippen LogP contribution in [-0.4, -0.2) is 9.55 Å². The molecule has 2 nitrogen and oxygen atoms in total. The number of halogens is 2. The lowest BCUT2D eigenvalue weighted by Gasteiger charge is -2.17. The van der Waals surface area contributed by atoms with E-state index in [4.69, 9.17) is 16.6 Å². The average molecular weight is 328 g/mol. The predicted octanol–water partition coefficient (Wildman–Crippen LogP) is 5.21. The molecule has 1 unspecified atom stereocenters. The summed E-state index contributed by atoms with van der Waals surface area (Å²) in [6, 6.07) is 6.88. The van der Waals surface area contributed by atoms with Gasteiger partial charge in [-0.1, -0.05) is 28.8 Å². The zero-order valence-electron chi connectivity index (χ0n) is 10.4. The van der Waals surface area contributed by atoms with Crippen molar-refractivity contribution in [1.82, 2.24) is 9.55 Å². The maximum atomic E-state index is 6.30. The Morgan fingerprint density at radius 2 is 2.11 bits per heavy atom. The van der Waals surface area contributed by atoms with Crippen molar-refractivity contribution in [3.63, 3.8) is 0 Å². The van der Waals surface area contributed by atoms with Crippen molar-refractivity contribution >= 4 is 38.6 Å². The van der Waals surface area contributed by atoms with Gasteiger partial charge < -0.3 is 4.57 Å². The molecule has 1 saturated carbocycles. The first-order valence-electron chi connectivity index (χ1n) is 6.48. The first kappa shape index (κ1) is 12.5. The molecule has 1 atom stereocenters. The Labute approximate surface area is 120 Å². The maximum absolute atomic E-state index is 6.30. The molecule has 1 aromatic carbocycles. The summed E-state index contributed by atoms with van der Waals surface area (Å²) in [5.41, 5.74) is 2.26. The van der Waals surface area contributed by atoms with Crippen LogP contribution in [0.25, 0.3) is 11.0 Å². The van der Waals surface area contributed by atoms with Crippen LogP contribution < -0.4 is 0 Å². The summed E-state index contributed by atoms with van der Waals surface area (Å²) in [6.45, 7) is 2.00. The minimum absolute atomic E-state index is 0.0447. The Morgan fingerprint density at radius 3 is 2.78 bits per heavy atom. The van der Waals surface area contributed by atoms with Crippen LogP contribution in [0.4, 0.5) is 0 Å². The second kappa shape index (κ2) is 4.86. The summed E-state index contributed by atoms with van der Waals surface area (Å²) >= 11 is 9.81. The second-order valence-electron chi connectivity index (χ2n) is 5.03. The predicted molar refractivity (Wildman–Crippen MR) is 79.2 cm³/mol. The van der Waals surface area contributed by atoms with Crippen LogP contribution >= 0.6 is 27.5 Å². The molecule has 1 heterocycles. The summed E-state index contributed by atoms with van der Waals surface area (Å²) in [5.74, 6) is 1.01. The number of nitrogens with zero attached hydrogens (tertiary/aromatic N) is 2. The topological polar surface area (TPSA) is 17.8 Å². The van der Waals surface area contributed by atoms with E-state index in [0.29, 0.717) is 6.04 Å². The third-order valence-electron chi connectivity index (χ3n) is 3.72. The van der Waals surface area contributed by atoms with Crippen molar-refractivity contribution in [2.24, 2.45) is 0 Å². The fourth-order valence-corrected chi connectivity index (χ4v) is 3.42. The van der Waals surface area contributed by atoms with E-state index >= 15 is 0 Å². The Balaban J connectivity index is 2.21. The van der Waals surface area contributed by atoms with Gasteiger partial charge in [0, 0.05) is 10.5 Å². The first-order valence-corrected chi connectivity index (χ1v) is 7.71. The van der Waals surface area contributed by atoms with E-state index in [1.807, 2.05) is 6.92 Å². The molecule has 18 heavy (non-hydrogen) atoms. The molecule has 96 valence electrons. The van der Waals surface area contributed by atoms with Crippen molar-refractivity contribution in [2.75, 3.05) is 0 Å².